The van der Waals surface area contributed by atoms with Gasteiger partial charge in [0.25, 0.3) is 0 Å². The van der Waals surface area contributed by atoms with Crippen molar-refractivity contribution < 1.29 is 14.7 Å². The first-order valence-electron chi connectivity index (χ1n) is 6.99. The SMILES string of the molecule is Cc1csc(=O)n1CCCC(=O)N1CCC(C)(C(=O)O)C1. The van der Waals surface area contributed by atoms with Gasteiger partial charge in [0.05, 0.1) is 5.41 Å². The fourth-order valence-electron chi connectivity index (χ4n) is 2.57. The number of aromatic nitrogens is 1. The summed E-state index contributed by atoms with van der Waals surface area (Å²) in [6.45, 7) is 4.86. The van der Waals surface area contributed by atoms with Crippen LogP contribution in [0.1, 0.15) is 31.9 Å². The molecule has 0 aliphatic carbocycles. The van der Waals surface area contributed by atoms with Crippen molar-refractivity contribution in [2.24, 2.45) is 5.41 Å². The second kappa shape index (κ2) is 6.01. The summed E-state index contributed by atoms with van der Waals surface area (Å²) in [5.41, 5.74) is 0.0911. The van der Waals surface area contributed by atoms with Gasteiger partial charge in [-0.1, -0.05) is 11.3 Å². The van der Waals surface area contributed by atoms with Crippen LogP contribution in [0.2, 0.25) is 0 Å². The van der Waals surface area contributed by atoms with Crippen LogP contribution in [0, 0.1) is 12.3 Å². The zero-order valence-electron chi connectivity index (χ0n) is 12.3. The third-order valence-corrected chi connectivity index (χ3v) is 4.97. The molecule has 0 spiro atoms. The molecule has 2 heterocycles. The fraction of sp³-hybridized carbons (Fsp3) is 0.643. The van der Waals surface area contributed by atoms with E-state index in [2.05, 4.69) is 0 Å². The van der Waals surface area contributed by atoms with Crippen LogP contribution in [0.3, 0.4) is 0 Å². The van der Waals surface area contributed by atoms with Gasteiger partial charge in [0.1, 0.15) is 0 Å². The molecule has 1 N–H and O–H groups in total. The molecule has 116 valence electrons. The highest BCUT2D eigenvalue weighted by molar-refractivity contribution is 7.07. The Labute approximate surface area is 127 Å². The van der Waals surface area contributed by atoms with E-state index in [1.54, 1.807) is 16.4 Å². The molecular weight excluding hydrogens is 292 g/mol. The second-order valence-electron chi connectivity index (χ2n) is 5.83. The van der Waals surface area contributed by atoms with E-state index in [0.717, 1.165) is 17.0 Å². The van der Waals surface area contributed by atoms with Gasteiger partial charge < -0.3 is 14.6 Å². The van der Waals surface area contributed by atoms with Crippen LogP contribution in [0.15, 0.2) is 10.2 Å². The Hall–Kier alpha value is -1.63. The van der Waals surface area contributed by atoms with E-state index in [4.69, 9.17) is 5.11 Å². The normalized spacial score (nSPS) is 21.7. The van der Waals surface area contributed by atoms with Crippen LogP contribution >= 0.6 is 11.3 Å². The summed E-state index contributed by atoms with van der Waals surface area (Å²) in [7, 11) is 0. The summed E-state index contributed by atoms with van der Waals surface area (Å²) < 4.78 is 1.67. The molecule has 1 unspecified atom stereocenters. The minimum absolute atomic E-state index is 0.000395. The van der Waals surface area contributed by atoms with Crippen LogP contribution in [-0.2, 0) is 16.1 Å². The van der Waals surface area contributed by atoms with Crippen LogP contribution in [0.5, 0.6) is 0 Å². The minimum Gasteiger partial charge on any atom is -0.481 e. The van der Waals surface area contributed by atoms with Crippen molar-refractivity contribution in [3.8, 4) is 0 Å². The number of hydrogen-bond donors (Lipinski definition) is 1. The van der Waals surface area contributed by atoms with Crippen molar-refractivity contribution in [3.05, 3.63) is 20.7 Å². The first kappa shape index (κ1) is 15.8. The monoisotopic (exact) mass is 312 g/mol. The Morgan fingerprint density at radius 2 is 2.19 bits per heavy atom. The van der Waals surface area contributed by atoms with Gasteiger partial charge in [-0.3, -0.25) is 14.4 Å². The quantitative estimate of drug-likeness (QED) is 0.889. The van der Waals surface area contributed by atoms with Crippen molar-refractivity contribution in [2.75, 3.05) is 13.1 Å². The number of carboxylic acids is 1. The number of likely N-dealkylation sites (tertiary alicyclic amines) is 1. The van der Waals surface area contributed by atoms with Crippen LogP contribution in [0.4, 0.5) is 0 Å². The van der Waals surface area contributed by atoms with Gasteiger partial charge in [0, 0.05) is 37.1 Å². The Bertz CT molecular complexity index is 606. The minimum atomic E-state index is -0.849. The van der Waals surface area contributed by atoms with Gasteiger partial charge in [0.2, 0.25) is 5.91 Å². The maximum Gasteiger partial charge on any atom is 0.311 e. The average molecular weight is 312 g/mol. The lowest BCUT2D eigenvalue weighted by molar-refractivity contribution is -0.147. The van der Waals surface area contributed by atoms with Crippen molar-refractivity contribution in [1.29, 1.82) is 0 Å². The molecule has 1 fully saturated rings. The van der Waals surface area contributed by atoms with E-state index in [1.807, 2.05) is 12.3 Å². The molecule has 21 heavy (non-hydrogen) atoms. The number of hydrogen-bond acceptors (Lipinski definition) is 4. The topological polar surface area (TPSA) is 79.6 Å². The lowest BCUT2D eigenvalue weighted by Gasteiger charge is -2.20. The molecule has 0 bridgehead atoms. The lowest BCUT2D eigenvalue weighted by Crippen LogP contribution is -2.34. The lowest BCUT2D eigenvalue weighted by atomic mass is 9.90. The Morgan fingerprint density at radius 1 is 1.48 bits per heavy atom. The first-order chi connectivity index (χ1) is 9.83. The zero-order valence-corrected chi connectivity index (χ0v) is 13.1. The average Bonchev–Trinajstić information content (AvgIpc) is 2.97. The summed E-state index contributed by atoms with van der Waals surface area (Å²) in [5, 5.41) is 11.0. The third-order valence-electron chi connectivity index (χ3n) is 4.09. The maximum atomic E-state index is 12.1. The molecular formula is C14H20N2O4S. The predicted molar refractivity (Wildman–Crippen MR) is 79.5 cm³/mol. The fourth-order valence-corrected chi connectivity index (χ4v) is 3.33. The van der Waals surface area contributed by atoms with Crippen LogP contribution in [-0.4, -0.2) is 39.5 Å². The molecule has 0 radical (unpaired) electrons. The van der Waals surface area contributed by atoms with Crippen LogP contribution in [0.25, 0.3) is 0 Å². The van der Waals surface area contributed by atoms with Gasteiger partial charge in [-0.2, -0.15) is 0 Å². The number of carboxylic acid groups (broad SMARTS) is 1. The van der Waals surface area contributed by atoms with Crippen molar-refractivity contribution in [3.63, 3.8) is 0 Å². The number of rotatable bonds is 5. The molecule has 1 atom stereocenters. The highest BCUT2D eigenvalue weighted by Gasteiger charge is 2.41. The molecule has 7 heteroatoms. The van der Waals surface area contributed by atoms with Gasteiger partial charge in [-0.25, -0.2) is 0 Å². The number of nitrogens with zero attached hydrogens (tertiary/aromatic N) is 2. The number of thiazole rings is 1. The number of aliphatic carboxylic acids is 1. The van der Waals surface area contributed by atoms with Gasteiger partial charge in [-0.05, 0) is 26.7 Å². The van der Waals surface area contributed by atoms with Crippen LogP contribution < -0.4 is 4.87 Å². The van der Waals surface area contributed by atoms with Gasteiger partial charge in [-0.15, -0.1) is 0 Å². The first-order valence-corrected chi connectivity index (χ1v) is 7.87. The standard InChI is InChI=1S/C14H20N2O4S/c1-10-8-21-13(20)16(10)6-3-4-11(17)15-7-5-14(2,9-15)12(18)19/h8H,3-7,9H2,1-2H3,(H,18,19). The Kier molecular flexibility index (Phi) is 4.51. The largest absolute Gasteiger partial charge is 0.481 e. The Balaban J connectivity index is 1.84. The van der Waals surface area contributed by atoms with Crippen molar-refractivity contribution in [2.45, 2.75) is 39.7 Å². The number of aryl methyl sites for hydroxylation is 1. The highest BCUT2D eigenvalue weighted by atomic mass is 32.1. The van der Waals surface area contributed by atoms with Crippen molar-refractivity contribution in [1.82, 2.24) is 9.47 Å². The number of amides is 1. The highest BCUT2D eigenvalue weighted by Crippen LogP contribution is 2.30. The number of carbonyl (C=O) groups is 2. The molecule has 0 aromatic carbocycles. The smallest absolute Gasteiger partial charge is 0.311 e. The van der Waals surface area contributed by atoms with E-state index in [-0.39, 0.29) is 17.3 Å². The molecule has 6 nitrogen and oxygen atoms in total. The molecule has 1 aliphatic rings. The molecule has 1 aromatic rings. The molecule has 2 rings (SSSR count). The summed E-state index contributed by atoms with van der Waals surface area (Å²) >= 11 is 1.16. The summed E-state index contributed by atoms with van der Waals surface area (Å²) in [6, 6.07) is 0. The molecule has 1 amide bonds. The Morgan fingerprint density at radius 3 is 2.71 bits per heavy atom. The third kappa shape index (κ3) is 3.34. The molecule has 1 saturated heterocycles. The molecule has 0 saturated carbocycles. The van der Waals surface area contributed by atoms with E-state index in [0.29, 0.717) is 32.4 Å². The molecule has 1 aliphatic heterocycles. The van der Waals surface area contributed by atoms with E-state index < -0.39 is 11.4 Å². The van der Waals surface area contributed by atoms with E-state index >= 15 is 0 Å². The summed E-state index contributed by atoms with van der Waals surface area (Å²) in [6.07, 6.45) is 1.44. The summed E-state index contributed by atoms with van der Waals surface area (Å²) in [5.74, 6) is -0.876. The summed E-state index contributed by atoms with van der Waals surface area (Å²) in [4.78, 5) is 36.4. The number of carbonyl (C=O) groups excluding carboxylic acids is 1. The van der Waals surface area contributed by atoms with E-state index in [9.17, 15) is 14.4 Å². The predicted octanol–water partition coefficient (Wildman–Crippen LogP) is 1.32. The van der Waals surface area contributed by atoms with Crippen molar-refractivity contribution >= 4 is 23.2 Å². The van der Waals surface area contributed by atoms with Gasteiger partial charge >= 0.3 is 10.8 Å². The maximum absolute atomic E-state index is 12.1. The van der Waals surface area contributed by atoms with Gasteiger partial charge in [0.15, 0.2) is 0 Å². The molecule has 1 aromatic heterocycles. The zero-order chi connectivity index (χ0) is 15.6. The van der Waals surface area contributed by atoms with E-state index in [1.165, 1.54) is 0 Å². The second-order valence-corrected chi connectivity index (χ2v) is 6.65.